The van der Waals surface area contributed by atoms with Crippen LogP contribution in [0.3, 0.4) is 0 Å². The summed E-state index contributed by atoms with van der Waals surface area (Å²) >= 11 is 26.4. The minimum atomic E-state index is -4.38. The quantitative estimate of drug-likeness (QED) is 0.236. The maximum absolute atomic E-state index is 13.9. The summed E-state index contributed by atoms with van der Waals surface area (Å²) in [5, 5.41) is -1.37. The van der Waals surface area contributed by atoms with E-state index in [-0.39, 0.29) is 0 Å². The first-order chi connectivity index (χ1) is 8.39. The zero-order valence-electron chi connectivity index (χ0n) is 8.28. The van der Waals surface area contributed by atoms with Gasteiger partial charge >= 0.3 is 5.92 Å². The molecular weight excluding hydrogens is 380 g/mol. The number of halogens is 10. The van der Waals surface area contributed by atoms with Crippen molar-refractivity contribution in [3.8, 4) is 0 Å². The zero-order valence-corrected chi connectivity index (χ0v) is 12.1. The third-order valence-corrected chi connectivity index (χ3v) is 4.72. The number of rotatable bonds is 0. The van der Waals surface area contributed by atoms with Crippen LogP contribution < -0.4 is 0 Å². The van der Waals surface area contributed by atoms with Crippen LogP contribution in [0, 0.1) is 17.5 Å². The highest BCUT2D eigenvalue weighted by molar-refractivity contribution is 6.55. The summed E-state index contributed by atoms with van der Waals surface area (Å²) in [5.74, 6) is -9.98. The number of fused-ring (bicyclic) bond motifs is 1. The van der Waals surface area contributed by atoms with E-state index in [0.29, 0.717) is 0 Å². The smallest absolute Gasteiger partial charge is 0.205 e. The Morgan fingerprint density at radius 1 is 0.684 bits per heavy atom. The van der Waals surface area contributed by atoms with Crippen molar-refractivity contribution in [2.75, 3.05) is 0 Å². The van der Waals surface area contributed by atoms with E-state index < -0.39 is 48.2 Å². The molecule has 10 heteroatoms. The molecule has 0 atom stereocenters. The first-order valence-electron chi connectivity index (χ1n) is 4.39. The average Bonchev–Trinajstić information content (AvgIpc) is 2.39. The van der Waals surface area contributed by atoms with Gasteiger partial charge in [0.05, 0.1) is 0 Å². The Hall–Kier alpha value is 0.320. The minimum Gasteiger partial charge on any atom is -0.205 e. The van der Waals surface area contributed by atoms with Crippen LogP contribution in [0.2, 0.25) is 5.02 Å². The van der Waals surface area contributed by atoms with Gasteiger partial charge in [0.25, 0.3) is 0 Å². The Morgan fingerprint density at radius 2 is 1.05 bits per heavy atom. The normalized spacial score (nSPS) is 22.4. The predicted octanol–water partition coefficient (Wildman–Crippen LogP) is 5.67. The van der Waals surface area contributed by atoms with E-state index in [1.54, 1.807) is 0 Å². The minimum absolute atomic E-state index is 1.28. The van der Waals surface area contributed by atoms with Crippen LogP contribution >= 0.6 is 58.0 Å². The first kappa shape index (κ1) is 15.7. The second-order valence-corrected chi connectivity index (χ2v) is 6.76. The third-order valence-electron chi connectivity index (χ3n) is 2.68. The van der Waals surface area contributed by atoms with Gasteiger partial charge in [0.1, 0.15) is 5.02 Å². The largest absolute Gasteiger partial charge is 0.321 e. The Balaban J connectivity index is 3.02. The molecule has 0 saturated heterocycles. The lowest BCUT2D eigenvalue weighted by molar-refractivity contribution is -0.0244. The molecule has 0 aliphatic heterocycles. The summed E-state index contributed by atoms with van der Waals surface area (Å²) in [7, 11) is 0. The molecule has 0 radical (unpaired) electrons. The lowest BCUT2D eigenvalue weighted by atomic mass is 10.1. The van der Waals surface area contributed by atoms with Crippen molar-refractivity contribution >= 4 is 58.0 Å². The lowest BCUT2D eigenvalue weighted by Gasteiger charge is -2.28. The average molecular weight is 380 g/mol. The maximum Gasteiger partial charge on any atom is 0.321 e. The lowest BCUT2D eigenvalue weighted by Crippen LogP contribution is -2.41. The monoisotopic (exact) mass is 378 g/mol. The van der Waals surface area contributed by atoms with Crippen LogP contribution in [-0.2, 0) is 8.67 Å². The van der Waals surface area contributed by atoms with Crippen molar-refractivity contribution in [3.63, 3.8) is 0 Å². The van der Waals surface area contributed by atoms with E-state index in [1.807, 2.05) is 0 Å². The van der Waals surface area contributed by atoms with E-state index in [0.717, 1.165) is 0 Å². The Bertz CT molecular complexity index is 534. The van der Waals surface area contributed by atoms with Crippen LogP contribution in [0.25, 0.3) is 0 Å². The molecule has 2 rings (SSSR count). The molecule has 0 heterocycles. The fourth-order valence-corrected chi connectivity index (χ4v) is 3.38. The van der Waals surface area contributed by atoms with Crippen LogP contribution in [0.15, 0.2) is 0 Å². The van der Waals surface area contributed by atoms with Crippen molar-refractivity contribution in [2.24, 2.45) is 0 Å². The molecule has 0 saturated carbocycles. The standard InChI is InChI=1S/C9Cl5F5/c10-3-4(15)1-2(5(16)6(3)17)8(13,14)9(18,19)7(1,11)12. The van der Waals surface area contributed by atoms with Gasteiger partial charge in [-0.15, -0.1) is 0 Å². The number of benzene rings is 1. The molecule has 1 aliphatic rings. The molecule has 19 heavy (non-hydrogen) atoms. The van der Waals surface area contributed by atoms with Crippen LogP contribution in [0.4, 0.5) is 22.0 Å². The Kier molecular flexibility index (Phi) is 3.44. The van der Waals surface area contributed by atoms with Crippen molar-refractivity contribution in [1.29, 1.82) is 0 Å². The van der Waals surface area contributed by atoms with Gasteiger partial charge < -0.3 is 0 Å². The van der Waals surface area contributed by atoms with Gasteiger partial charge in [-0.25, -0.2) is 13.2 Å². The summed E-state index contributed by atoms with van der Waals surface area (Å²) in [6.07, 6.45) is 0. The Morgan fingerprint density at radius 3 is 1.47 bits per heavy atom. The van der Waals surface area contributed by atoms with E-state index in [2.05, 4.69) is 0 Å². The fourth-order valence-electron chi connectivity index (χ4n) is 1.73. The van der Waals surface area contributed by atoms with Gasteiger partial charge in [0.2, 0.25) is 8.67 Å². The maximum atomic E-state index is 13.9. The third kappa shape index (κ3) is 1.65. The second-order valence-electron chi connectivity index (χ2n) is 3.73. The molecule has 1 aromatic carbocycles. The van der Waals surface area contributed by atoms with Gasteiger partial charge in [-0.05, 0) is 0 Å². The summed E-state index contributed by atoms with van der Waals surface area (Å²) in [5.41, 5.74) is -2.65. The summed E-state index contributed by atoms with van der Waals surface area (Å²) in [6.45, 7) is 0. The van der Waals surface area contributed by atoms with Crippen LogP contribution in [-0.4, -0.2) is 5.92 Å². The highest BCUT2D eigenvalue weighted by atomic mass is 35.5. The van der Waals surface area contributed by atoms with Crippen molar-refractivity contribution in [3.05, 3.63) is 33.6 Å². The molecule has 1 aliphatic carbocycles. The van der Waals surface area contributed by atoms with E-state index in [1.165, 1.54) is 0 Å². The molecule has 0 amide bonds. The molecule has 0 N–H and O–H groups in total. The predicted molar refractivity (Wildman–Crippen MR) is 63.0 cm³/mol. The molecule has 0 aromatic heterocycles. The van der Waals surface area contributed by atoms with Crippen molar-refractivity contribution in [2.45, 2.75) is 14.6 Å². The van der Waals surface area contributed by atoms with Gasteiger partial charge in [-0.1, -0.05) is 58.0 Å². The van der Waals surface area contributed by atoms with Gasteiger partial charge in [-0.3, -0.25) is 0 Å². The molecule has 0 fully saturated rings. The second kappa shape index (κ2) is 4.17. The molecule has 0 spiro atoms. The first-order valence-corrected chi connectivity index (χ1v) is 6.28. The number of hydrogen-bond donors (Lipinski definition) is 0. The van der Waals surface area contributed by atoms with E-state index in [9.17, 15) is 22.0 Å². The topological polar surface area (TPSA) is 0 Å². The van der Waals surface area contributed by atoms with E-state index >= 15 is 0 Å². The number of alkyl halides is 6. The SMILES string of the molecule is Fc1c(F)c2c(c(F)c1Cl)C(Cl)(Cl)C(F)(F)C2(Cl)Cl. The summed E-state index contributed by atoms with van der Waals surface area (Å²) < 4.78 is 61.9. The van der Waals surface area contributed by atoms with E-state index in [4.69, 9.17) is 58.0 Å². The van der Waals surface area contributed by atoms with Gasteiger partial charge in [0.15, 0.2) is 17.5 Å². The van der Waals surface area contributed by atoms with Crippen LogP contribution in [0.5, 0.6) is 0 Å². The number of hydrogen-bond acceptors (Lipinski definition) is 0. The molecular formula is C9Cl5F5. The van der Waals surface area contributed by atoms with Crippen LogP contribution in [0.1, 0.15) is 11.1 Å². The Labute approximate surface area is 128 Å². The molecule has 0 unspecified atom stereocenters. The molecule has 0 bridgehead atoms. The molecule has 0 nitrogen and oxygen atoms in total. The zero-order chi connectivity index (χ0) is 15.0. The fraction of sp³-hybridized carbons (Fsp3) is 0.333. The van der Waals surface area contributed by atoms with Crippen molar-refractivity contribution < 1.29 is 22.0 Å². The van der Waals surface area contributed by atoms with Gasteiger partial charge in [0, 0.05) is 11.1 Å². The summed E-state index contributed by atoms with van der Waals surface area (Å²) in [6, 6.07) is 0. The molecule has 1 aromatic rings. The van der Waals surface area contributed by atoms with Crippen molar-refractivity contribution in [1.82, 2.24) is 0 Å². The summed E-state index contributed by atoms with van der Waals surface area (Å²) in [4.78, 5) is 0. The van der Waals surface area contributed by atoms with Gasteiger partial charge in [-0.2, -0.15) is 8.78 Å². The highest BCUT2D eigenvalue weighted by Gasteiger charge is 2.75. The highest BCUT2D eigenvalue weighted by Crippen LogP contribution is 2.68. The molecule has 106 valence electrons.